The van der Waals surface area contributed by atoms with Crippen LogP contribution in [0.5, 0.6) is 11.5 Å². The van der Waals surface area contributed by atoms with Crippen molar-refractivity contribution in [2.24, 2.45) is 0 Å². The molecule has 6 heteroatoms. The number of hydrogen-bond donors (Lipinski definition) is 0. The number of hydrogen-bond acceptors (Lipinski definition) is 5. The lowest BCUT2D eigenvalue weighted by Crippen LogP contribution is -2.49. The van der Waals surface area contributed by atoms with Crippen molar-refractivity contribution < 1.29 is 9.53 Å². The fourth-order valence-electron chi connectivity index (χ4n) is 6.42. The van der Waals surface area contributed by atoms with Gasteiger partial charge in [0.15, 0.2) is 11.5 Å². The molecule has 2 bridgehead atoms. The number of benzene rings is 2. The van der Waals surface area contributed by atoms with Crippen LogP contribution in [0, 0.1) is 0 Å². The molecule has 0 aliphatic carbocycles. The van der Waals surface area contributed by atoms with E-state index in [0.717, 1.165) is 42.3 Å². The maximum absolute atomic E-state index is 13.0. The predicted molar refractivity (Wildman–Crippen MR) is 142 cm³/mol. The second-order valence-corrected chi connectivity index (χ2v) is 10.1. The summed E-state index contributed by atoms with van der Waals surface area (Å²) in [4.78, 5) is 24.4. The van der Waals surface area contributed by atoms with Gasteiger partial charge in [0.25, 0.3) is 5.91 Å². The van der Waals surface area contributed by atoms with E-state index in [0.29, 0.717) is 36.8 Å². The number of carbonyl (C=O) groups is 1. The summed E-state index contributed by atoms with van der Waals surface area (Å²) in [6.07, 6.45) is 8.57. The number of ether oxygens (including phenoxy) is 1. The van der Waals surface area contributed by atoms with E-state index in [1.54, 1.807) is 0 Å². The number of carbonyl (C=O) groups excluding carboxylic acids is 1. The van der Waals surface area contributed by atoms with Crippen LogP contribution in [0.2, 0.25) is 0 Å². The molecule has 2 aromatic carbocycles. The first-order valence-corrected chi connectivity index (χ1v) is 13.3. The van der Waals surface area contributed by atoms with E-state index in [1.807, 2.05) is 61.5 Å². The van der Waals surface area contributed by atoms with Crippen molar-refractivity contribution in [1.82, 2.24) is 14.8 Å². The first-order chi connectivity index (χ1) is 17.7. The summed E-state index contributed by atoms with van der Waals surface area (Å²) in [7, 11) is 0. The molecule has 186 valence electrons. The van der Waals surface area contributed by atoms with E-state index in [1.165, 1.54) is 18.4 Å². The molecule has 2 fully saturated rings. The van der Waals surface area contributed by atoms with Gasteiger partial charge >= 0.3 is 0 Å². The van der Waals surface area contributed by atoms with Gasteiger partial charge in [0.2, 0.25) is 0 Å². The van der Waals surface area contributed by atoms with Gasteiger partial charge in [0, 0.05) is 55.7 Å². The van der Waals surface area contributed by atoms with E-state index in [4.69, 9.17) is 4.74 Å². The van der Waals surface area contributed by atoms with Gasteiger partial charge in [-0.15, -0.1) is 0 Å². The molecule has 3 atom stereocenters. The zero-order valence-electron chi connectivity index (χ0n) is 21.1. The number of para-hydroxylation sites is 2. The highest BCUT2D eigenvalue weighted by atomic mass is 16.5. The van der Waals surface area contributed by atoms with E-state index in [-0.39, 0.29) is 5.91 Å². The third-order valence-electron chi connectivity index (χ3n) is 8.17. The Kier molecular flexibility index (Phi) is 6.13. The SMILES string of the molecule is CCN(CC)C(=O)c1ccc2c(c1)Oc1ccccc1N2[C@@H]1C[C@H]2CC[C@@H](C1)N2Cc1cccnc1. The summed E-state index contributed by atoms with van der Waals surface area (Å²) in [5, 5.41) is 0. The van der Waals surface area contributed by atoms with Crippen molar-refractivity contribution in [3.05, 3.63) is 78.1 Å². The smallest absolute Gasteiger partial charge is 0.253 e. The van der Waals surface area contributed by atoms with Crippen LogP contribution in [0.1, 0.15) is 55.5 Å². The molecule has 36 heavy (non-hydrogen) atoms. The number of aromatic nitrogens is 1. The second kappa shape index (κ2) is 9.58. The Bertz CT molecular complexity index is 1230. The summed E-state index contributed by atoms with van der Waals surface area (Å²) in [5.41, 5.74) is 4.16. The quantitative estimate of drug-likeness (QED) is 0.431. The normalized spacial score (nSPS) is 22.5. The van der Waals surface area contributed by atoms with Crippen molar-refractivity contribution in [2.75, 3.05) is 18.0 Å². The van der Waals surface area contributed by atoms with Crippen LogP contribution in [-0.4, -0.2) is 51.9 Å². The minimum Gasteiger partial charge on any atom is -0.453 e. The Labute approximate surface area is 213 Å². The highest BCUT2D eigenvalue weighted by molar-refractivity contribution is 5.96. The molecule has 0 saturated carbocycles. The molecule has 3 aliphatic rings. The molecule has 0 unspecified atom stereocenters. The van der Waals surface area contributed by atoms with Gasteiger partial charge in [-0.1, -0.05) is 18.2 Å². The van der Waals surface area contributed by atoms with Crippen LogP contribution >= 0.6 is 0 Å². The Morgan fingerprint density at radius 1 is 0.944 bits per heavy atom. The van der Waals surface area contributed by atoms with Crippen LogP contribution in [0.25, 0.3) is 0 Å². The van der Waals surface area contributed by atoms with Crippen LogP contribution in [0.15, 0.2) is 67.0 Å². The van der Waals surface area contributed by atoms with Gasteiger partial charge in [-0.25, -0.2) is 0 Å². The van der Waals surface area contributed by atoms with E-state index < -0.39 is 0 Å². The molecule has 6 rings (SSSR count). The number of rotatable bonds is 6. The molecule has 6 nitrogen and oxygen atoms in total. The first-order valence-electron chi connectivity index (χ1n) is 13.3. The largest absolute Gasteiger partial charge is 0.453 e. The highest BCUT2D eigenvalue weighted by Crippen LogP contribution is 2.51. The molecular weight excluding hydrogens is 448 g/mol. The summed E-state index contributed by atoms with van der Waals surface area (Å²) in [6, 6.07) is 20.0. The lowest BCUT2D eigenvalue weighted by Gasteiger charge is -2.46. The third-order valence-corrected chi connectivity index (χ3v) is 8.17. The maximum Gasteiger partial charge on any atom is 0.253 e. The predicted octanol–water partition coefficient (Wildman–Crippen LogP) is 6.00. The van der Waals surface area contributed by atoms with Gasteiger partial charge in [0.1, 0.15) is 0 Å². The second-order valence-electron chi connectivity index (χ2n) is 10.1. The third kappa shape index (κ3) is 4.03. The highest BCUT2D eigenvalue weighted by Gasteiger charge is 2.44. The number of pyridine rings is 1. The Hall–Kier alpha value is -3.38. The fraction of sp³-hybridized carbons (Fsp3) is 0.400. The minimum absolute atomic E-state index is 0.0542. The summed E-state index contributed by atoms with van der Waals surface area (Å²) in [6.45, 7) is 6.40. The zero-order valence-corrected chi connectivity index (χ0v) is 21.1. The van der Waals surface area contributed by atoms with Gasteiger partial charge < -0.3 is 14.5 Å². The van der Waals surface area contributed by atoms with Crippen molar-refractivity contribution in [3.8, 4) is 11.5 Å². The standard InChI is InChI=1S/C30H34N4O2/c1-3-32(4-2)30(35)22-11-14-27-29(16-22)36-28-10-6-5-9-26(28)34(27)25-17-23-12-13-24(18-25)33(23)20-21-8-7-15-31-19-21/h5-11,14-16,19,23-25H,3-4,12-13,17-18,20H2,1-2H3/t23-,24+,25-. The molecule has 2 saturated heterocycles. The average Bonchev–Trinajstić information content (AvgIpc) is 3.14. The van der Waals surface area contributed by atoms with Gasteiger partial charge in [-0.2, -0.15) is 0 Å². The van der Waals surface area contributed by atoms with Crippen LogP contribution < -0.4 is 9.64 Å². The Morgan fingerprint density at radius 3 is 2.42 bits per heavy atom. The molecule has 3 aliphatic heterocycles. The monoisotopic (exact) mass is 482 g/mol. The van der Waals surface area contributed by atoms with Crippen molar-refractivity contribution in [2.45, 2.75) is 64.2 Å². The zero-order chi connectivity index (χ0) is 24.6. The Morgan fingerprint density at radius 2 is 1.69 bits per heavy atom. The molecule has 3 aromatic rings. The summed E-state index contributed by atoms with van der Waals surface area (Å²) < 4.78 is 6.38. The number of fused-ring (bicyclic) bond motifs is 4. The maximum atomic E-state index is 13.0. The summed E-state index contributed by atoms with van der Waals surface area (Å²) in [5.74, 6) is 1.69. The lowest BCUT2D eigenvalue weighted by molar-refractivity contribution is 0.0772. The number of nitrogens with zero attached hydrogens (tertiary/aromatic N) is 4. The number of anilines is 2. The molecule has 0 N–H and O–H groups in total. The fourth-order valence-corrected chi connectivity index (χ4v) is 6.42. The lowest BCUT2D eigenvalue weighted by atomic mass is 9.93. The van der Waals surface area contributed by atoms with Crippen LogP contribution in [0.3, 0.4) is 0 Å². The molecule has 0 spiro atoms. The van der Waals surface area contributed by atoms with Crippen molar-refractivity contribution in [3.63, 3.8) is 0 Å². The Balaban J connectivity index is 1.31. The molecule has 1 aromatic heterocycles. The first kappa shape index (κ1) is 23.0. The number of amides is 1. The van der Waals surface area contributed by atoms with Crippen LogP contribution in [-0.2, 0) is 6.54 Å². The van der Waals surface area contributed by atoms with Gasteiger partial charge in [-0.3, -0.25) is 14.7 Å². The van der Waals surface area contributed by atoms with Gasteiger partial charge in [-0.05, 0) is 81.5 Å². The molecular formula is C30H34N4O2. The topological polar surface area (TPSA) is 48.9 Å². The van der Waals surface area contributed by atoms with E-state index in [9.17, 15) is 4.79 Å². The van der Waals surface area contributed by atoms with Crippen LogP contribution in [0.4, 0.5) is 11.4 Å². The van der Waals surface area contributed by atoms with Crippen molar-refractivity contribution in [1.29, 1.82) is 0 Å². The van der Waals surface area contributed by atoms with E-state index >= 15 is 0 Å². The minimum atomic E-state index is 0.0542. The van der Waals surface area contributed by atoms with Gasteiger partial charge in [0.05, 0.1) is 11.4 Å². The average molecular weight is 483 g/mol. The molecule has 4 heterocycles. The molecule has 1 amide bonds. The number of piperidine rings is 1. The van der Waals surface area contributed by atoms with Crippen molar-refractivity contribution >= 4 is 17.3 Å². The summed E-state index contributed by atoms with van der Waals surface area (Å²) >= 11 is 0. The van der Waals surface area contributed by atoms with E-state index in [2.05, 4.69) is 39.0 Å². The molecule has 0 radical (unpaired) electrons.